The molecule has 0 unspecified atom stereocenters. The Labute approximate surface area is 54.8 Å². The molecule has 0 N–H and O–H groups in total. The molecule has 0 aliphatic rings. The molecule has 50 valence electrons. The van der Waals surface area contributed by atoms with Crippen molar-refractivity contribution in [1.82, 2.24) is 0 Å². The predicted octanol–water partition coefficient (Wildman–Crippen LogP) is 1.28. The van der Waals surface area contributed by atoms with Crippen molar-refractivity contribution in [2.45, 2.75) is 13.3 Å². The zero-order valence-electron chi connectivity index (χ0n) is 5.68. The van der Waals surface area contributed by atoms with Gasteiger partial charge in [0.05, 0.1) is 13.5 Å². The van der Waals surface area contributed by atoms with Crippen LogP contribution in [0.3, 0.4) is 0 Å². The van der Waals surface area contributed by atoms with Gasteiger partial charge in [0.1, 0.15) is 0 Å². The monoisotopic (exact) mass is 126 g/mol. The van der Waals surface area contributed by atoms with E-state index in [2.05, 4.69) is 10.5 Å². The van der Waals surface area contributed by atoms with E-state index in [0.717, 1.165) is 0 Å². The van der Waals surface area contributed by atoms with Crippen LogP contribution in [0.5, 0.6) is 0 Å². The first-order chi connectivity index (χ1) is 4.31. The zero-order chi connectivity index (χ0) is 7.11. The molecule has 0 fully saturated rings. The first-order valence-corrected chi connectivity index (χ1v) is 2.73. The van der Waals surface area contributed by atoms with E-state index in [1.165, 1.54) is 7.11 Å². The Morgan fingerprint density at radius 2 is 2.44 bits per heavy atom. The molecular formula is C7H10O2. The maximum absolute atomic E-state index is 10.4. The largest absolute Gasteiger partial charge is 0.469 e. The first kappa shape index (κ1) is 7.99. The average Bonchev–Trinajstić information content (AvgIpc) is 1.89. The Balaban J connectivity index is 3.50. The molecule has 0 radical (unpaired) electrons. The van der Waals surface area contributed by atoms with Gasteiger partial charge in [-0.1, -0.05) is 0 Å². The molecule has 0 saturated carbocycles. The predicted molar refractivity (Wildman–Crippen MR) is 35.0 cm³/mol. The van der Waals surface area contributed by atoms with Crippen LogP contribution in [0.25, 0.3) is 0 Å². The minimum absolute atomic E-state index is 0.232. The van der Waals surface area contributed by atoms with Crippen LogP contribution >= 0.6 is 0 Å². The fraction of sp³-hybridized carbons (Fsp3) is 0.429. The highest BCUT2D eigenvalue weighted by atomic mass is 16.5. The van der Waals surface area contributed by atoms with E-state index in [1.807, 2.05) is 6.92 Å². The summed E-state index contributed by atoms with van der Waals surface area (Å²) in [5.41, 5.74) is 2.76. The minimum Gasteiger partial charge on any atom is -0.469 e. The number of carbonyl (C=O) groups is 1. The summed E-state index contributed by atoms with van der Waals surface area (Å²) in [5.74, 6) is -0.232. The van der Waals surface area contributed by atoms with Gasteiger partial charge < -0.3 is 4.74 Å². The van der Waals surface area contributed by atoms with Crippen molar-refractivity contribution in [2.24, 2.45) is 0 Å². The number of esters is 1. The molecule has 0 aromatic heterocycles. The lowest BCUT2D eigenvalue weighted by molar-refractivity contribution is -0.139. The van der Waals surface area contributed by atoms with Crippen LogP contribution in [0.15, 0.2) is 17.9 Å². The third-order valence-electron chi connectivity index (χ3n) is 0.781. The quantitative estimate of drug-likeness (QED) is 0.411. The fourth-order valence-electron chi connectivity index (χ4n) is 0.343. The van der Waals surface area contributed by atoms with E-state index in [-0.39, 0.29) is 5.97 Å². The van der Waals surface area contributed by atoms with Gasteiger partial charge in [-0.3, -0.25) is 4.79 Å². The molecular weight excluding hydrogens is 116 g/mol. The Morgan fingerprint density at radius 3 is 2.89 bits per heavy atom. The Kier molecular flexibility index (Phi) is 4.56. The zero-order valence-corrected chi connectivity index (χ0v) is 5.68. The lowest BCUT2D eigenvalue weighted by Gasteiger charge is -1.88. The molecule has 0 amide bonds. The van der Waals surface area contributed by atoms with E-state index in [9.17, 15) is 4.79 Å². The topological polar surface area (TPSA) is 26.3 Å². The summed E-state index contributed by atoms with van der Waals surface area (Å²) in [5, 5.41) is 0. The van der Waals surface area contributed by atoms with Gasteiger partial charge >= 0.3 is 5.97 Å². The van der Waals surface area contributed by atoms with Gasteiger partial charge in [-0.25, -0.2) is 0 Å². The second-order valence-electron chi connectivity index (χ2n) is 1.44. The maximum atomic E-state index is 10.4. The highest BCUT2D eigenvalue weighted by molar-refractivity contribution is 5.70. The average molecular weight is 126 g/mol. The normalized spacial score (nSPS) is 7.33. The summed E-state index contributed by atoms with van der Waals surface area (Å²) in [6.07, 6.45) is 3.68. The van der Waals surface area contributed by atoms with E-state index in [0.29, 0.717) is 6.42 Å². The minimum atomic E-state index is -0.232. The van der Waals surface area contributed by atoms with Gasteiger partial charge in [0.2, 0.25) is 0 Å². The van der Waals surface area contributed by atoms with Crippen molar-refractivity contribution >= 4 is 5.97 Å². The summed E-state index contributed by atoms with van der Waals surface area (Å²) in [7, 11) is 1.37. The standard InChI is InChI=1S/C7H10O2/c1-3-4-5-6-7(8)9-2/h3,5H,6H2,1-2H3. The third-order valence-corrected chi connectivity index (χ3v) is 0.781. The number of ether oxygens (including phenoxy) is 1. The molecule has 0 rings (SSSR count). The van der Waals surface area contributed by atoms with Gasteiger partial charge in [-0.05, 0) is 19.1 Å². The van der Waals surface area contributed by atoms with Crippen LogP contribution in [0.2, 0.25) is 0 Å². The third kappa shape index (κ3) is 4.85. The van der Waals surface area contributed by atoms with Crippen molar-refractivity contribution in [3.8, 4) is 0 Å². The van der Waals surface area contributed by atoms with E-state index in [1.54, 1.807) is 12.2 Å². The molecule has 0 bridgehead atoms. The van der Waals surface area contributed by atoms with Gasteiger partial charge in [0, 0.05) is 0 Å². The molecule has 2 heteroatoms. The van der Waals surface area contributed by atoms with Crippen molar-refractivity contribution in [1.29, 1.82) is 0 Å². The molecule has 0 atom stereocenters. The smallest absolute Gasteiger partial charge is 0.309 e. The molecule has 2 nitrogen and oxygen atoms in total. The Bertz CT molecular complexity index is 141. The Morgan fingerprint density at radius 1 is 1.78 bits per heavy atom. The molecule has 0 saturated heterocycles. The summed E-state index contributed by atoms with van der Waals surface area (Å²) < 4.78 is 4.37. The first-order valence-electron chi connectivity index (χ1n) is 2.73. The van der Waals surface area contributed by atoms with Crippen LogP contribution < -0.4 is 0 Å². The highest BCUT2D eigenvalue weighted by Crippen LogP contribution is 1.83. The summed E-state index contributed by atoms with van der Waals surface area (Å²) in [6, 6.07) is 0. The van der Waals surface area contributed by atoms with Crippen LogP contribution in [0.1, 0.15) is 13.3 Å². The van der Waals surface area contributed by atoms with Crippen LogP contribution in [0, 0.1) is 0 Å². The molecule has 0 aromatic carbocycles. The van der Waals surface area contributed by atoms with Gasteiger partial charge in [0.15, 0.2) is 0 Å². The van der Waals surface area contributed by atoms with Gasteiger partial charge in [-0.15, -0.1) is 5.73 Å². The van der Waals surface area contributed by atoms with Crippen molar-refractivity contribution in [3.05, 3.63) is 17.9 Å². The molecule has 9 heavy (non-hydrogen) atoms. The molecule has 0 aliphatic heterocycles. The lowest BCUT2D eigenvalue weighted by Crippen LogP contribution is -1.96. The highest BCUT2D eigenvalue weighted by Gasteiger charge is 1.91. The number of methoxy groups -OCH3 is 1. The van der Waals surface area contributed by atoms with Crippen molar-refractivity contribution in [2.75, 3.05) is 7.11 Å². The number of carbonyl (C=O) groups excluding carboxylic acids is 1. The summed E-state index contributed by atoms with van der Waals surface area (Å²) in [6.45, 7) is 1.84. The van der Waals surface area contributed by atoms with Crippen LogP contribution in [-0.2, 0) is 9.53 Å². The van der Waals surface area contributed by atoms with E-state index >= 15 is 0 Å². The fourth-order valence-corrected chi connectivity index (χ4v) is 0.343. The molecule has 0 aliphatic carbocycles. The summed E-state index contributed by atoms with van der Waals surface area (Å²) in [4.78, 5) is 10.4. The number of hydrogen-bond donors (Lipinski definition) is 0. The van der Waals surface area contributed by atoms with Gasteiger partial charge in [0.25, 0.3) is 0 Å². The van der Waals surface area contributed by atoms with Crippen LogP contribution in [-0.4, -0.2) is 13.1 Å². The molecule has 0 spiro atoms. The second kappa shape index (κ2) is 5.13. The van der Waals surface area contributed by atoms with E-state index < -0.39 is 0 Å². The van der Waals surface area contributed by atoms with E-state index in [4.69, 9.17) is 0 Å². The van der Waals surface area contributed by atoms with Crippen molar-refractivity contribution in [3.63, 3.8) is 0 Å². The second-order valence-corrected chi connectivity index (χ2v) is 1.44. The van der Waals surface area contributed by atoms with Gasteiger partial charge in [-0.2, -0.15) is 0 Å². The van der Waals surface area contributed by atoms with Crippen molar-refractivity contribution < 1.29 is 9.53 Å². The Hall–Kier alpha value is -1.01. The number of hydrogen-bond acceptors (Lipinski definition) is 2. The number of rotatable bonds is 2. The SMILES string of the molecule is CC=C=CCC(=O)OC. The lowest BCUT2D eigenvalue weighted by atomic mass is 10.4. The maximum Gasteiger partial charge on any atom is 0.309 e. The summed E-state index contributed by atoms with van der Waals surface area (Å²) >= 11 is 0. The molecule has 0 aromatic rings. The van der Waals surface area contributed by atoms with Crippen LogP contribution in [0.4, 0.5) is 0 Å². The molecule has 0 heterocycles.